The summed E-state index contributed by atoms with van der Waals surface area (Å²) >= 11 is 0. The van der Waals surface area contributed by atoms with Gasteiger partial charge in [-0.15, -0.1) is 3.89 Å². The number of halogens is 4. The molecular formula is C6H10F4O2S. The van der Waals surface area contributed by atoms with E-state index in [1.165, 1.54) is 0 Å². The van der Waals surface area contributed by atoms with Crippen LogP contribution in [0.4, 0.5) is 17.1 Å². The lowest BCUT2D eigenvalue weighted by atomic mass is 9.90. The van der Waals surface area contributed by atoms with Gasteiger partial charge >= 0.3 is 16.4 Å². The second-order valence-electron chi connectivity index (χ2n) is 3.37. The van der Waals surface area contributed by atoms with Gasteiger partial charge in [-0.2, -0.15) is 21.6 Å². The lowest BCUT2D eigenvalue weighted by molar-refractivity contribution is -0.211. The van der Waals surface area contributed by atoms with E-state index in [0.717, 1.165) is 13.8 Å². The Morgan fingerprint density at radius 1 is 1.15 bits per heavy atom. The molecule has 0 aromatic rings. The van der Waals surface area contributed by atoms with Crippen molar-refractivity contribution in [3.8, 4) is 0 Å². The normalized spacial score (nSPS) is 14.6. The van der Waals surface area contributed by atoms with Gasteiger partial charge in [0.1, 0.15) is 0 Å². The van der Waals surface area contributed by atoms with Crippen LogP contribution in [0.1, 0.15) is 20.3 Å². The van der Waals surface area contributed by atoms with Crippen molar-refractivity contribution in [1.29, 1.82) is 0 Å². The van der Waals surface area contributed by atoms with Crippen LogP contribution >= 0.6 is 0 Å². The minimum absolute atomic E-state index is 0.769. The van der Waals surface area contributed by atoms with E-state index in [4.69, 9.17) is 0 Å². The predicted molar refractivity (Wildman–Crippen MR) is 39.3 cm³/mol. The maximum atomic E-state index is 12.1. The van der Waals surface area contributed by atoms with Crippen LogP contribution < -0.4 is 0 Å². The van der Waals surface area contributed by atoms with E-state index < -0.39 is 34.0 Å². The third kappa shape index (κ3) is 4.44. The molecule has 0 fully saturated rings. The van der Waals surface area contributed by atoms with Gasteiger partial charge in [-0.3, -0.25) is 0 Å². The molecule has 0 aromatic carbocycles. The third-order valence-corrected chi connectivity index (χ3v) is 2.43. The molecule has 2 nitrogen and oxygen atoms in total. The van der Waals surface area contributed by atoms with E-state index in [0.29, 0.717) is 0 Å². The van der Waals surface area contributed by atoms with Crippen molar-refractivity contribution in [3.63, 3.8) is 0 Å². The highest BCUT2D eigenvalue weighted by molar-refractivity contribution is 7.86. The Hall–Kier alpha value is -0.330. The van der Waals surface area contributed by atoms with Gasteiger partial charge in [0.15, 0.2) is 0 Å². The second kappa shape index (κ2) is 3.43. The average molecular weight is 222 g/mol. The van der Waals surface area contributed by atoms with E-state index in [2.05, 4.69) is 0 Å². The molecule has 0 aliphatic rings. The highest BCUT2D eigenvalue weighted by Gasteiger charge is 2.47. The zero-order valence-corrected chi connectivity index (χ0v) is 7.97. The van der Waals surface area contributed by atoms with Crippen LogP contribution in [0.2, 0.25) is 0 Å². The van der Waals surface area contributed by atoms with E-state index in [1.54, 1.807) is 0 Å². The molecule has 7 heteroatoms. The minimum atomic E-state index is -4.82. The first-order valence-corrected chi connectivity index (χ1v) is 5.00. The Labute approximate surface area is 74.1 Å². The Morgan fingerprint density at radius 3 is 1.77 bits per heavy atom. The summed E-state index contributed by atoms with van der Waals surface area (Å²) in [5.74, 6) is -1.10. The molecule has 0 atom stereocenters. The first kappa shape index (κ1) is 12.7. The maximum absolute atomic E-state index is 12.1. The fraction of sp³-hybridized carbons (Fsp3) is 1.00. The number of hydrogen-bond donors (Lipinski definition) is 0. The van der Waals surface area contributed by atoms with Crippen molar-refractivity contribution in [2.75, 3.05) is 5.75 Å². The lowest BCUT2D eigenvalue weighted by Gasteiger charge is -2.26. The van der Waals surface area contributed by atoms with Crippen molar-refractivity contribution < 1.29 is 25.5 Å². The van der Waals surface area contributed by atoms with E-state index in [9.17, 15) is 25.5 Å². The summed E-state index contributed by atoms with van der Waals surface area (Å²) in [5.41, 5.74) is -2.17. The molecule has 80 valence electrons. The highest BCUT2D eigenvalue weighted by Crippen LogP contribution is 2.40. The van der Waals surface area contributed by atoms with Crippen molar-refractivity contribution >= 4 is 10.2 Å². The van der Waals surface area contributed by atoms with Crippen molar-refractivity contribution in [2.45, 2.75) is 26.4 Å². The first-order valence-electron chi connectivity index (χ1n) is 3.45. The Bertz CT molecular complexity index is 265. The van der Waals surface area contributed by atoms with Crippen molar-refractivity contribution in [3.05, 3.63) is 0 Å². The van der Waals surface area contributed by atoms with Gasteiger partial charge in [-0.25, -0.2) is 0 Å². The average Bonchev–Trinajstić information content (AvgIpc) is 1.79. The summed E-state index contributed by atoms with van der Waals surface area (Å²) in [7, 11) is -4.82. The first-order chi connectivity index (χ1) is 5.46. The molecule has 0 radical (unpaired) electrons. The van der Waals surface area contributed by atoms with Gasteiger partial charge in [0.05, 0.1) is 11.2 Å². The molecule has 0 aliphatic carbocycles. The standard InChI is InChI=1S/C6H10F4O2S/c1-5(2,6(7,8)9)3-4-13(10,11)12/h3-4H2,1-2H3. The molecule has 0 bridgehead atoms. The quantitative estimate of drug-likeness (QED) is 0.542. The summed E-state index contributed by atoms with van der Waals surface area (Å²) in [6, 6.07) is 0. The van der Waals surface area contributed by atoms with E-state index >= 15 is 0 Å². The molecule has 0 saturated carbocycles. The summed E-state index contributed by atoms with van der Waals surface area (Å²) in [4.78, 5) is 0. The molecule has 0 aromatic heterocycles. The van der Waals surface area contributed by atoms with E-state index in [-0.39, 0.29) is 0 Å². The van der Waals surface area contributed by atoms with Gasteiger partial charge in [0.25, 0.3) is 0 Å². The van der Waals surface area contributed by atoms with Crippen LogP contribution in [0.3, 0.4) is 0 Å². The number of hydrogen-bond acceptors (Lipinski definition) is 2. The minimum Gasteiger partial charge on any atom is -0.195 e. The van der Waals surface area contributed by atoms with Crippen LogP contribution in [-0.2, 0) is 10.2 Å². The van der Waals surface area contributed by atoms with Gasteiger partial charge in [0.2, 0.25) is 0 Å². The van der Waals surface area contributed by atoms with Crippen LogP contribution in [0, 0.1) is 5.41 Å². The molecule has 13 heavy (non-hydrogen) atoms. The molecule has 0 rings (SSSR count). The predicted octanol–water partition coefficient (Wildman–Crippen LogP) is 2.26. The molecule has 0 heterocycles. The smallest absolute Gasteiger partial charge is 0.195 e. The number of rotatable bonds is 3. The molecule has 0 aliphatic heterocycles. The Morgan fingerprint density at radius 2 is 1.54 bits per heavy atom. The Kier molecular flexibility index (Phi) is 3.35. The SMILES string of the molecule is CC(C)(CCS(=O)(=O)F)C(F)(F)F. The van der Waals surface area contributed by atoms with Crippen LogP contribution in [0.25, 0.3) is 0 Å². The van der Waals surface area contributed by atoms with Gasteiger partial charge in [-0.1, -0.05) is 13.8 Å². The van der Waals surface area contributed by atoms with Crippen LogP contribution in [-0.4, -0.2) is 20.3 Å². The fourth-order valence-corrected chi connectivity index (χ4v) is 1.27. The van der Waals surface area contributed by atoms with Crippen molar-refractivity contribution in [1.82, 2.24) is 0 Å². The molecule has 0 spiro atoms. The zero-order valence-electron chi connectivity index (χ0n) is 7.15. The topological polar surface area (TPSA) is 34.1 Å². The summed E-state index contributed by atoms with van der Waals surface area (Å²) < 4.78 is 68.1. The van der Waals surface area contributed by atoms with Crippen LogP contribution in [0.5, 0.6) is 0 Å². The Balaban J connectivity index is 4.38. The van der Waals surface area contributed by atoms with Gasteiger partial charge in [-0.05, 0) is 6.42 Å². The lowest BCUT2D eigenvalue weighted by Crippen LogP contribution is -2.33. The summed E-state index contributed by atoms with van der Waals surface area (Å²) in [6.07, 6.45) is -5.28. The fourth-order valence-electron chi connectivity index (χ4n) is 0.519. The largest absolute Gasteiger partial charge is 0.394 e. The highest BCUT2D eigenvalue weighted by atomic mass is 32.3. The van der Waals surface area contributed by atoms with Gasteiger partial charge < -0.3 is 0 Å². The monoisotopic (exact) mass is 222 g/mol. The van der Waals surface area contributed by atoms with Crippen LogP contribution in [0.15, 0.2) is 0 Å². The second-order valence-corrected chi connectivity index (χ2v) is 4.86. The zero-order chi connectivity index (χ0) is 10.9. The maximum Gasteiger partial charge on any atom is 0.394 e. The third-order valence-electron chi connectivity index (χ3n) is 1.74. The summed E-state index contributed by atoms with van der Waals surface area (Å²) in [5, 5.41) is 0. The molecule has 0 saturated heterocycles. The number of alkyl halides is 3. The van der Waals surface area contributed by atoms with Gasteiger partial charge in [0, 0.05) is 0 Å². The molecule has 0 amide bonds. The van der Waals surface area contributed by atoms with Crippen molar-refractivity contribution in [2.24, 2.45) is 5.41 Å². The molecular weight excluding hydrogens is 212 g/mol. The molecule has 0 N–H and O–H groups in total. The summed E-state index contributed by atoms with van der Waals surface area (Å²) in [6.45, 7) is 1.66. The van der Waals surface area contributed by atoms with E-state index in [1.807, 2.05) is 0 Å². The molecule has 0 unspecified atom stereocenters.